The number of hydrogen-bond donors (Lipinski definition) is 1. The minimum absolute atomic E-state index is 0.0622. The summed E-state index contributed by atoms with van der Waals surface area (Å²) in [7, 11) is -3.74. The Morgan fingerprint density at radius 2 is 1.57 bits per heavy atom. The predicted molar refractivity (Wildman–Crippen MR) is 131 cm³/mol. The van der Waals surface area contributed by atoms with Crippen molar-refractivity contribution in [1.82, 2.24) is 9.97 Å². The number of furan rings is 2. The van der Waals surface area contributed by atoms with Gasteiger partial charge in [-0.05, 0) is 49.2 Å². The predicted octanol–water partition coefficient (Wildman–Crippen LogP) is 4.53. The zero-order chi connectivity index (χ0) is 25.0. The third kappa shape index (κ3) is 5.43. The number of rotatable bonds is 9. The Morgan fingerprint density at radius 1 is 0.971 bits per heavy atom. The summed E-state index contributed by atoms with van der Waals surface area (Å²) in [5, 5.41) is 2.51. The first kappa shape index (κ1) is 24.2. The van der Waals surface area contributed by atoms with Crippen LogP contribution in [0.3, 0.4) is 0 Å². The van der Waals surface area contributed by atoms with E-state index in [-0.39, 0.29) is 24.5 Å². The average molecular weight is 495 g/mol. The topological polar surface area (TPSA) is 119 Å². The molecular formula is C25H26N4O5S. The van der Waals surface area contributed by atoms with Gasteiger partial charge in [-0.3, -0.25) is 4.79 Å². The van der Waals surface area contributed by atoms with Crippen molar-refractivity contribution < 1.29 is 22.0 Å². The smallest absolute Gasteiger partial charge is 0.276 e. The summed E-state index contributed by atoms with van der Waals surface area (Å²) in [4.78, 5) is 23.7. The molecule has 182 valence electrons. The lowest BCUT2D eigenvalue weighted by Crippen LogP contribution is -2.27. The average Bonchev–Trinajstić information content (AvgIpc) is 3.55. The Kier molecular flexibility index (Phi) is 7.02. The first-order chi connectivity index (χ1) is 16.8. The standard InChI is InChI=1S/C25H26N4O5S/c1-4-35(31,32)25-26-14-21(23(28-25)24(30)27-22-17(2)8-5-9-18(22)3)29(15-19-10-6-12-33-19)16-20-11-7-13-34-20/h5-14H,4,15-16H2,1-3H3,(H,27,30). The maximum atomic E-state index is 13.5. The SMILES string of the molecule is CCS(=O)(=O)c1ncc(N(Cc2ccco2)Cc2ccco2)c(C(=O)Nc2c(C)cccc2C)n1. The molecule has 1 aromatic carbocycles. The molecule has 0 saturated carbocycles. The fraction of sp³-hybridized carbons (Fsp3) is 0.240. The molecule has 0 saturated heterocycles. The lowest BCUT2D eigenvalue weighted by molar-refractivity contribution is 0.102. The number of carbonyl (C=O) groups excluding carboxylic acids is 1. The first-order valence-corrected chi connectivity index (χ1v) is 12.7. The van der Waals surface area contributed by atoms with Crippen LogP contribution in [0.2, 0.25) is 0 Å². The summed E-state index contributed by atoms with van der Waals surface area (Å²) in [6, 6.07) is 12.8. The fourth-order valence-electron chi connectivity index (χ4n) is 3.63. The normalized spacial score (nSPS) is 11.4. The monoisotopic (exact) mass is 494 g/mol. The molecule has 0 spiro atoms. The fourth-order valence-corrected chi connectivity index (χ4v) is 4.33. The van der Waals surface area contributed by atoms with Crippen LogP contribution >= 0.6 is 0 Å². The van der Waals surface area contributed by atoms with E-state index in [0.29, 0.717) is 22.9 Å². The van der Waals surface area contributed by atoms with Gasteiger partial charge in [-0.15, -0.1) is 0 Å². The summed E-state index contributed by atoms with van der Waals surface area (Å²) >= 11 is 0. The van der Waals surface area contributed by atoms with Crippen LogP contribution in [0.1, 0.15) is 40.1 Å². The molecule has 0 aliphatic carbocycles. The van der Waals surface area contributed by atoms with Gasteiger partial charge < -0.3 is 19.1 Å². The molecule has 35 heavy (non-hydrogen) atoms. The molecular weight excluding hydrogens is 468 g/mol. The highest BCUT2D eigenvalue weighted by Gasteiger charge is 2.26. The van der Waals surface area contributed by atoms with Crippen LogP contribution in [-0.2, 0) is 22.9 Å². The van der Waals surface area contributed by atoms with Gasteiger partial charge in [0, 0.05) is 5.69 Å². The molecule has 0 aliphatic rings. The van der Waals surface area contributed by atoms with Crippen molar-refractivity contribution in [3.63, 3.8) is 0 Å². The van der Waals surface area contributed by atoms with Gasteiger partial charge in [-0.1, -0.05) is 25.1 Å². The lowest BCUT2D eigenvalue weighted by Gasteiger charge is -2.24. The number of benzene rings is 1. The molecule has 4 aromatic rings. The molecule has 0 unspecified atom stereocenters. The van der Waals surface area contributed by atoms with E-state index in [1.807, 2.05) is 44.2 Å². The number of aryl methyl sites for hydroxylation is 2. The third-order valence-corrected chi connectivity index (χ3v) is 7.05. The molecule has 0 atom stereocenters. The van der Waals surface area contributed by atoms with Crippen molar-refractivity contribution in [2.45, 2.75) is 39.0 Å². The molecule has 3 aromatic heterocycles. The Balaban J connectivity index is 1.81. The number of sulfone groups is 1. The van der Waals surface area contributed by atoms with Crippen LogP contribution in [0.5, 0.6) is 0 Å². The molecule has 1 amide bonds. The van der Waals surface area contributed by atoms with Gasteiger partial charge in [0.05, 0.1) is 43.3 Å². The Morgan fingerprint density at radius 3 is 2.09 bits per heavy atom. The molecule has 3 heterocycles. The van der Waals surface area contributed by atoms with E-state index in [9.17, 15) is 13.2 Å². The number of nitrogens with one attached hydrogen (secondary N) is 1. The number of hydrogen-bond acceptors (Lipinski definition) is 8. The number of amides is 1. The number of para-hydroxylation sites is 1. The van der Waals surface area contributed by atoms with Gasteiger partial charge in [0.1, 0.15) is 11.5 Å². The summed E-state index contributed by atoms with van der Waals surface area (Å²) in [6.45, 7) is 5.83. The van der Waals surface area contributed by atoms with Gasteiger partial charge in [0.25, 0.3) is 5.91 Å². The van der Waals surface area contributed by atoms with Crippen molar-refractivity contribution >= 4 is 27.1 Å². The van der Waals surface area contributed by atoms with Crippen LogP contribution in [0, 0.1) is 13.8 Å². The molecule has 0 radical (unpaired) electrons. The zero-order valence-corrected chi connectivity index (χ0v) is 20.5. The van der Waals surface area contributed by atoms with E-state index >= 15 is 0 Å². The molecule has 0 aliphatic heterocycles. The van der Waals surface area contributed by atoms with E-state index in [1.54, 1.807) is 29.6 Å². The summed E-state index contributed by atoms with van der Waals surface area (Å²) < 4.78 is 36.1. The van der Waals surface area contributed by atoms with Crippen LogP contribution < -0.4 is 10.2 Å². The van der Waals surface area contributed by atoms with Gasteiger partial charge in [-0.25, -0.2) is 18.4 Å². The van der Waals surface area contributed by atoms with Crippen LogP contribution in [0.15, 0.2) is 75.2 Å². The molecule has 1 N–H and O–H groups in total. The van der Waals surface area contributed by atoms with Crippen LogP contribution in [0.25, 0.3) is 0 Å². The Bertz CT molecular complexity index is 1360. The largest absolute Gasteiger partial charge is 0.467 e. The number of carbonyl (C=O) groups is 1. The van der Waals surface area contributed by atoms with E-state index < -0.39 is 20.9 Å². The Hall–Kier alpha value is -3.92. The summed E-state index contributed by atoms with van der Waals surface area (Å²) in [5.41, 5.74) is 2.67. The molecule has 10 heteroatoms. The second-order valence-corrected chi connectivity index (χ2v) is 10.2. The minimum atomic E-state index is -3.74. The van der Waals surface area contributed by atoms with Crippen molar-refractivity contribution in [2.24, 2.45) is 0 Å². The number of anilines is 2. The minimum Gasteiger partial charge on any atom is -0.467 e. The van der Waals surface area contributed by atoms with Gasteiger partial charge >= 0.3 is 0 Å². The van der Waals surface area contributed by atoms with Crippen molar-refractivity contribution in [2.75, 3.05) is 16.0 Å². The van der Waals surface area contributed by atoms with Crippen LogP contribution in [-0.4, -0.2) is 30.0 Å². The van der Waals surface area contributed by atoms with Gasteiger partial charge in [0.2, 0.25) is 15.0 Å². The van der Waals surface area contributed by atoms with Crippen LogP contribution in [0.4, 0.5) is 11.4 Å². The summed E-state index contributed by atoms with van der Waals surface area (Å²) in [5.74, 6) is 0.550. The van der Waals surface area contributed by atoms with Gasteiger partial charge in [-0.2, -0.15) is 0 Å². The van der Waals surface area contributed by atoms with Crippen molar-refractivity contribution in [3.8, 4) is 0 Å². The second-order valence-electron chi connectivity index (χ2n) is 8.03. The van der Waals surface area contributed by atoms with Crippen molar-refractivity contribution in [3.05, 3.63) is 89.5 Å². The maximum Gasteiger partial charge on any atom is 0.276 e. The third-order valence-electron chi connectivity index (χ3n) is 5.53. The quantitative estimate of drug-likeness (QED) is 0.337. The summed E-state index contributed by atoms with van der Waals surface area (Å²) in [6.07, 6.45) is 4.48. The first-order valence-electron chi connectivity index (χ1n) is 11.1. The molecule has 0 fully saturated rings. The van der Waals surface area contributed by atoms with Crippen molar-refractivity contribution in [1.29, 1.82) is 0 Å². The van der Waals surface area contributed by atoms with E-state index in [4.69, 9.17) is 8.83 Å². The Labute approximate surface area is 203 Å². The van der Waals surface area contributed by atoms with E-state index in [0.717, 1.165) is 11.1 Å². The highest BCUT2D eigenvalue weighted by molar-refractivity contribution is 7.91. The lowest BCUT2D eigenvalue weighted by atomic mass is 10.1. The number of aromatic nitrogens is 2. The molecule has 0 bridgehead atoms. The van der Waals surface area contributed by atoms with Gasteiger partial charge in [0.15, 0.2) is 5.69 Å². The van der Waals surface area contributed by atoms with E-state index in [2.05, 4.69) is 15.3 Å². The second kappa shape index (κ2) is 10.1. The maximum absolute atomic E-state index is 13.5. The molecule has 9 nitrogen and oxygen atoms in total. The van der Waals surface area contributed by atoms with E-state index in [1.165, 1.54) is 13.1 Å². The molecule has 4 rings (SSSR count). The highest BCUT2D eigenvalue weighted by Crippen LogP contribution is 2.27. The number of nitrogens with zero attached hydrogens (tertiary/aromatic N) is 3. The zero-order valence-electron chi connectivity index (χ0n) is 19.7. The highest BCUT2D eigenvalue weighted by atomic mass is 32.2.